The van der Waals surface area contributed by atoms with Crippen molar-refractivity contribution < 1.29 is 18.9 Å². The monoisotopic (exact) mass is 340 g/mol. The highest BCUT2D eigenvalue weighted by Crippen LogP contribution is 2.05. The number of nitrogens with one attached hydrogen (secondary N) is 2. The number of carboxylic acids is 1. The predicted molar refractivity (Wildman–Crippen MR) is 86.5 cm³/mol. The Balaban J connectivity index is 3.82. The highest BCUT2D eigenvalue weighted by atomic mass is 32.2. The molecule has 0 bridgehead atoms. The van der Waals surface area contributed by atoms with Crippen molar-refractivity contribution in [1.29, 1.82) is 0 Å². The van der Waals surface area contributed by atoms with Crippen molar-refractivity contribution in [3.05, 3.63) is 0 Å². The molecule has 0 aromatic carbocycles. The second kappa shape index (κ2) is 11.0. The first-order valence-corrected chi connectivity index (χ1v) is 9.15. The van der Waals surface area contributed by atoms with Gasteiger partial charge < -0.3 is 15.7 Å². The van der Waals surface area contributed by atoms with Crippen LogP contribution in [0.15, 0.2) is 0 Å². The molecule has 0 aliphatic carbocycles. The van der Waals surface area contributed by atoms with E-state index in [1.807, 2.05) is 0 Å². The maximum atomic E-state index is 10.9. The van der Waals surface area contributed by atoms with Gasteiger partial charge in [-0.1, -0.05) is 24.0 Å². The maximum absolute atomic E-state index is 10.9. The summed E-state index contributed by atoms with van der Waals surface area (Å²) in [4.78, 5) is 21.7. The lowest BCUT2D eigenvalue weighted by Crippen LogP contribution is -2.42. The smallest absolute Gasteiger partial charge is 0.327 e. The molecule has 1 unspecified atom stereocenters. The molecule has 0 saturated heterocycles. The van der Waals surface area contributed by atoms with E-state index in [4.69, 9.17) is 17.3 Å². The van der Waals surface area contributed by atoms with E-state index in [1.54, 1.807) is 6.26 Å². The normalized spacial score (nSPS) is 13.3. The molecule has 0 spiro atoms. The summed E-state index contributed by atoms with van der Waals surface area (Å²) >= 11 is 6.24. The first-order valence-electron chi connectivity index (χ1n) is 6.03. The number of unbranched alkanes of at least 4 members (excludes halogenated alkanes) is 1. The molecule has 0 aliphatic heterocycles. The van der Waals surface area contributed by atoms with Crippen LogP contribution in [0.4, 0.5) is 0 Å². The Labute approximate surface area is 130 Å². The summed E-state index contributed by atoms with van der Waals surface area (Å²) in [5, 5.41) is 14.2. The van der Waals surface area contributed by atoms with Gasteiger partial charge in [-0.3, -0.25) is 9.00 Å². The van der Waals surface area contributed by atoms with Crippen LogP contribution in [-0.2, 0) is 20.4 Å². The number of amides is 1. The highest BCUT2D eigenvalue weighted by Gasteiger charge is 2.18. The van der Waals surface area contributed by atoms with E-state index >= 15 is 0 Å². The molecule has 6 nitrogen and oxygen atoms in total. The van der Waals surface area contributed by atoms with Crippen LogP contribution >= 0.6 is 24.0 Å². The number of thioether (sulfide) groups is 1. The summed E-state index contributed by atoms with van der Waals surface area (Å²) in [5.41, 5.74) is 0. The molecule has 2 atom stereocenters. The highest BCUT2D eigenvalue weighted by molar-refractivity contribution is 8.23. The fourth-order valence-electron chi connectivity index (χ4n) is 1.25. The molecule has 0 saturated carbocycles. The Bertz CT molecular complexity index is 377. The van der Waals surface area contributed by atoms with Gasteiger partial charge in [-0.15, -0.1) is 0 Å². The molecule has 1 amide bonds. The minimum absolute atomic E-state index is 0.180. The topological polar surface area (TPSA) is 95.5 Å². The molecule has 0 rings (SSSR count). The molecule has 116 valence electrons. The van der Waals surface area contributed by atoms with Crippen molar-refractivity contribution in [2.24, 2.45) is 0 Å². The van der Waals surface area contributed by atoms with Crippen LogP contribution in [0.1, 0.15) is 19.8 Å². The average molecular weight is 340 g/mol. The molecule has 0 aliphatic rings. The van der Waals surface area contributed by atoms with Crippen LogP contribution < -0.4 is 10.6 Å². The van der Waals surface area contributed by atoms with Gasteiger partial charge in [-0.2, -0.15) is 0 Å². The molecular formula is C11H20N2O4S3. The lowest BCUT2D eigenvalue weighted by atomic mass is 10.3. The Morgan fingerprint density at radius 2 is 2.05 bits per heavy atom. The summed E-state index contributed by atoms with van der Waals surface area (Å²) in [6.07, 6.45) is 3.38. The summed E-state index contributed by atoms with van der Waals surface area (Å²) < 4.78 is 11.3. The van der Waals surface area contributed by atoms with E-state index in [9.17, 15) is 13.8 Å². The standard InChI is InChI=1S/C11H20N2O4S3/c1-8(14)13-9(10(15)16)7-19-11(18)12-5-3-4-6-20(2)17/h9H,3-7H2,1-2H3,(H,12,18)(H,13,14)(H,15,16)/t9-,20?/m1/s1. The number of hydrogen-bond acceptors (Lipinski definition) is 5. The molecule has 0 radical (unpaired) electrons. The fraction of sp³-hybridized carbons (Fsp3) is 0.727. The van der Waals surface area contributed by atoms with E-state index in [-0.39, 0.29) is 11.7 Å². The van der Waals surface area contributed by atoms with Crippen LogP contribution in [0.5, 0.6) is 0 Å². The van der Waals surface area contributed by atoms with Gasteiger partial charge in [0.2, 0.25) is 5.91 Å². The van der Waals surface area contributed by atoms with Gasteiger partial charge >= 0.3 is 5.97 Å². The predicted octanol–water partition coefficient (Wildman–Crippen LogP) is 0.342. The Kier molecular flexibility index (Phi) is 10.7. The first kappa shape index (κ1) is 19.3. The quantitative estimate of drug-likeness (QED) is 0.411. The van der Waals surface area contributed by atoms with Crippen molar-refractivity contribution in [2.45, 2.75) is 25.8 Å². The van der Waals surface area contributed by atoms with Crippen LogP contribution in [0, 0.1) is 0 Å². The van der Waals surface area contributed by atoms with Crippen molar-refractivity contribution in [3.8, 4) is 0 Å². The van der Waals surface area contributed by atoms with Crippen molar-refractivity contribution in [2.75, 3.05) is 24.3 Å². The minimum atomic E-state index is -1.08. The van der Waals surface area contributed by atoms with Gasteiger partial charge in [0.25, 0.3) is 0 Å². The van der Waals surface area contributed by atoms with E-state index in [2.05, 4.69) is 10.6 Å². The molecule has 0 fully saturated rings. The second-order valence-electron chi connectivity index (χ2n) is 4.10. The summed E-state index contributed by atoms with van der Waals surface area (Å²) in [5.74, 6) is -0.615. The number of hydrogen-bond donors (Lipinski definition) is 3. The molecule has 3 N–H and O–H groups in total. The van der Waals surface area contributed by atoms with Gasteiger partial charge in [-0.25, -0.2) is 4.79 Å². The van der Waals surface area contributed by atoms with Gasteiger partial charge in [0.15, 0.2) is 0 Å². The van der Waals surface area contributed by atoms with Crippen LogP contribution in [0.3, 0.4) is 0 Å². The largest absolute Gasteiger partial charge is 0.480 e. The maximum Gasteiger partial charge on any atom is 0.327 e. The van der Waals surface area contributed by atoms with Crippen molar-refractivity contribution >= 4 is 51.0 Å². The number of carbonyl (C=O) groups excluding carboxylic acids is 1. The van der Waals surface area contributed by atoms with Gasteiger partial charge in [0.1, 0.15) is 10.4 Å². The van der Waals surface area contributed by atoms with Crippen molar-refractivity contribution in [1.82, 2.24) is 10.6 Å². The SMILES string of the molecule is CC(=O)N[C@H](CSC(=S)NCCCCS(C)=O)C(=O)O. The van der Waals surface area contributed by atoms with E-state index in [0.717, 1.165) is 12.8 Å². The van der Waals surface area contributed by atoms with Crippen LogP contribution in [0.2, 0.25) is 0 Å². The minimum Gasteiger partial charge on any atom is -0.480 e. The van der Waals surface area contributed by atoms with Gasteiger partial charge in [0, 0.05) is 42.0 Å². The number of aliphatic carboxylic acids is 1. The van der Waals surface area contributed by atoms with Crippen LogP contribution in [-0.4, -0.2) is 55.9 Å². The zero-order valence-corrected chi connectivity index (χ0v) is 14.0. The average Bonchev–Trinajstić information content (AvgIpc) is 2.32. The lowest BCUT2D eigenvalue weighted by molar-refractivity contribution is -0.140. The lowest BCUT2D eigenvalue weighted by Gasteiger charge is -2.13. The second-order valence-corrected chi connectivity index (χ2v) is 7.35. The zero-order chi connectivity index (χ0) is 15.5. The van der Waals surface area contributed by atoms with E-state index < -0.39 is 22.8 Å². The summed E-state index contributed by atoms with van der Waals surface area (Å²) in [7, 11) is -0.772. The molecule has 0 aromatic rings. The summed E-state index contributed by atoms with van der Waals surface area (Å²) in [6.45, 7) is 1.94. The summed E-state index contributed by atoms with van der Waals surface area (Å²) in [6, 6.07) is -0.945. The molecule has 9 heteroatoms. The molecule has 20 heavy (non-hydrogen) atoms. The zero-order valence-electron chi connectivity index (χ0n) is 11.5. The number of carboxylic acid groups (broad SMARTS) is 1. The van der Waals surface area contributed by atoms with Gasteiger partial charge in [0.05, 0.1) is 0 Å². The first-order chi connectivity index (χ1) is 9.32. The molecule has 0 heterocycles. The van der Waals surface area contributed by atoms with E-state index in [1.165, 1.54) is 18.7 Å². The molecular weight excluding hydrogens is 320 g/mol. The fourth-order valence-corrected chi connectivity index (χ4v) is 2.92. The van der Waals surface area contributed by atoms with Crippen LogP contribution in [0.25, 0.3) is 0 Å². The third-order valence-corrected chi connectivity index (χ3v) is 4.45. The Morgan fingerprint density at radius 1 is 1.40 bits per heavy atom. The van der Waals surface area contributed by atoms with E-state index in [0.29, 0.717) is 16.6 Å². The van der Waals surface area contributed by atoms with Crippen molar-refractivity contribution in [3.63, 3.8) is 0 Å². The third kappa shape index (κ3) is 11.2. The Morgan fingerprint density at radius 3 is 2.55 bits per heavy atom. The third-order valence-electron chi connectivity index (χ3n) is 2.18. The Hall–Kier alpha value is -0.670. The van der Waals surface area contributed by atoms with Gasteiger partial charge in [-0.05, 0) is 12.8 Å². The number of carbonyl (C=O) groups is 2. The number of thiocarbonyl (C=S) groups is 1. The molecule has 0 aromatic heterocycles. The number of rotatable bonds is 9.